The average molecular weight is 498 g/mol. The summed E-state index contributed by atoms with van der Waals surface area (Å²) in [5.74, 6) is 0.0785. The van der Waals surface area contributed by atoms with Crippen LogP contribution in [0, 0.1) is 6.92 Å². The molecule has 1 saturated heterocycles. The van der Waals surface area contributed by atoms with Crippen LogP contribution in [0.3, 0.4) is 0 Å². The second-order valence-corrected chi connectivity index (χ2v) is 9.67. The van der Waals surface area contributed by atoms with Crippen molar-refractivity contribution in [1.29, 1.82) is 0 Å². The van der Waals surface area contributed by atoms with Gasteiger partial charge in [0.15, 0.2) is 11.2 Å². The van der Waals surface area contributed by atoms with Crippen molar-refractivity contribution in [3.63, 3.8) is 0 Å². The van der Waals surface area contributed by atoms with Crippen molar-refractivity contribution >= 4 is 51.9 Å². The van der Waals surface area contributed by atoms with Crippen molar-refractivity contribution in [2.24, 2.45) is 0 Å². The molecule has 6 nitrogen and oxygen atoms in total. The number of halogens is 2. The van der Waals surface area contributed by atoms with Crippen molar-refractivity contribution in [3.8, 4) is 5.75 Å². The first kappa shape index (κ1) is 22.7. The standard InChI is InChI=1S/C26H21Cl2NO5/c1-15-2-4-22-19(10-15)24(32)16(14-33-22)3-5-23(31)29-8-6-26(7-9-29)13-21(30)18-11-17(27)12-20(28)25(18)34-26/h2-5,10-12,14H,6-9,13H2,1H3/b5-3+. The van der Waals surface area contributed by atoms with Gasteiger partial charge in [0.25, 0.3) is 0 Å². The maximum Gasteiger partial charge on any atom is 0.246 e. The van der Waals surface area contributed by atoms with Gasteiger partial charge in [-0.3, -0.25) is 14.4 Å². The van der Waals surface area contributed by atoms with Crippen LogP contribution in [-0.2, 0) is 4.79 Å². The van der Waals surface area contributed by atoms with Gasteiger partial charge in [0, 0.05) is 37.0 Å². The number of nitrogens with zero attached hydrogens (tertiary/aromatic N) is 1. The first-order valence-corrected chi connectivity index (χ1v) is 11.7. The third-order valence-electron chi connectivity index (χ3n) is 6.46. The molecule has 0 saturated carbocycles. The maximum atomic E-state index is 12.8. The molecule has 2 aliphatic rings. The SMILES string of the molecule is Cc1ccc2occ(/C=C/C(=O)N3CCC4(CC3)CC(=O)c3cc(Cl)cc(Cl)c3O4)c(=O)c2c1. The van der Waals surface area contributed by atoms with Gasteiger partial charge in [-0.2, -0.15) is 0 Å². The van der Waals surface area contributed by atoms with Crippen molar-refractivity contribution in [3.05, 3.63) is 79.6 Å². The monoisotopic (exact) mass is 497 g/mol. The summed E-state index contributed by atoms with van der Waals surface area (Å²) in [6, 6.07) is 8.54. The number of ether oxygens (including phenoxy) is 1. The van der Waals surface area contributed by atoms with Crippen LogP contribution in [0.15, 0.2) is 51.9 Å². The highest BCUT2D eigenvalue weighted by Crippen LogP contribution is 2.44. The molecule has 1 fully saturated rings. The van der Waals surface area contributed by atoms with Gasteiger partial charge in [0.1, 0.15) is 23.2 Å². The van der Waals surface area contributed by atoms with Crippen molar-refractivity contribution in [2.45, 2.75) is 31.8 Å². The predicted octanol–water partition coefficient (Wildman–Crippen LogP) is 5.45. The Balaban J connectivity index is 1.29. The van der Waals surface area contributed by atoms with Crippen LogP contribution in [0.1, 0.15) is 40.7 Å². The van der Waals surface area contributed by atoms with Crippen LogP contribution in [0.2, 0.25) is 10.0 Å². The number of hydrogen-bond donors (Lipinski definition) is 0. The predicted molar refractivity (Wildman–Crippen MR) is 131 cm³/mol. The Labute approximate surface area is 205 Å². The van der Waals surface area contributed by atoms with Gasteiger partial charge < -0.3 is 14.1 Å². The van der Waals surface area contributed by atoms with Crippen molar-refractivity contribution < 1.29 is 18.7 Å². The molecule has 0 aliphatic carbocycles. The number of rotatable bonds is 2. The van der Waals surface area contributed by atoms with Gasteiger partial charge in [-0.1, -0.05) is 34.8 Å². The summed E-state index contributed by atoms with van der Waals surface area (Å²) in [6.45, 7) is 2.74. The van der Waals surface area contributed by atoms with Crippen LogP contribution in [0.25, 0.3) is 17.0 Å². The number of amides is 1. The summed E-state index contributed by atoms with van der Waals surface area (Å²) < 4.78 is 11.8. The lowest BCUT2D eigenvalue weighted by atomic mass is 9.82. The molecule has 0 atom stereocenters. The fraction of sp³-hybridized carbons (Fsp3) is 0.269. The zero-order chi connectivity index (χ0) is 24.0. The lowest BCUT2D eigenvalue weighted by Gasteiger charge is -2.44. The topological polar surface area (TPSA) is 76.8 Å². The number of likely N-dealkylation sites (tertiary alicyclic amines) is 1. The molecular weight excluding hydrogens is 477 g/mol. The number of aryl methyl sites for hydroxylation is 1. The molecule has 8 heteroatoms. The number of fused-ring (bicyclic) bond motifs is 2. The summed E-state index contributed by atoms with van der Waals surface area (Å²) in [7, 11) is 0. The Kier molecular flexibility index (Phi) is 5.74. The van der Waals surface area contributed by atoms with Gasteiger partial charge in [-0.05, 0) is 37.3 Å². The Hall–Kier alpha value is -3.09. The van der Waals surface area contributed by atoms with E-state index >= 15 is 0 Å². The highest BCUT2D eigenvalue weighted by atomic mass is 35.5. The highest BCUT2D eigenvalue weighted by molar-refractivity contribution is 6.36. The van der Waals surface area contributed by atoms with Gasteiger partial charge in [0.2, 0.25) is 5.91 Å². The Bertz CT molecular complexity index is 1420. The summed E-state index contributed by atoms with van der Waals surface area (Å²) in [4.78, 5) is 40.0. The largest absolute Gasteiger partial charge is 0.484 e. The molecule has 0 N–H and O–H groups in total. The smallest absolute Gasteiger partial charge is 0.246 e. The lowest BCUT2D eigenvalue weighted by Crippen LogP contribution is -2.52. The lowest BCUT2D eigenvalue weighted by molar-refractivity contribution is -0.129. The minimum Gasteiger partial charge on any atom is -0.484 e. The second kappa shape index (κ2) is 8.60. The summed E-state index contributed by atoms with van der Waals surface area (Å²) in [5.41, 5.74) is 1.29. The van der Waals surface area contributed by atoms with E-state index in [1.807, 2.05) is 13.0 Å². The Morgan fingerprint density at radius 3 is 2.65 bits per heavy atom. The van der Waals surface area contributed by atoms with Crippen LogP contribution in [0.4, 0.5) is 0 Å². The Morgan fingerprint density at radius 1 is 1.12 bits per heavy atom. The molecule has 3 aromatic rings. The zero-order valence-electron chi connectivity index (χ0n) is 18.4. The van der Waals surface area contributed by atoms with E-state index in [0.29, 0.717) is 63.8 Å². The van der Waals surface area contributed by atoms with Crippen LogP contribution in [-0.4, -0.2) is 35.3 Å². The molecular formula is C26H21Cl2NO5. The van der Waals surface area contributed by atoms with Gasteiger partial charge in [-0.15, -0.1) is 0 Å². The quantitative estimate of drug-likeness (QED) is 0.440. The van der Waals surface area contributed by atoms with Crippen molar-refractivity contribution in [1.82, 2.24) is 4.90 Å². The first-order valence-electron chi connectivity index (χ1n) is 11.0. The van der Waals surface area contributed by atoms with E-state index in [1.165, 1.54) is 18.4 Å². The number of Topliss-reactive ketones (excluding diaryl/α,β-unsaturated/α-hetero) is 1. The maximum absolute atomic E-state index is 12.8. The number of carbonyl (C=O) groups excluding carboxylic acids is 2. The number of carbonyl (C=O) groups is 2. The van der Waals surface area contributed by atoms with Gasteiger partial charge in [-0.25, -0.2) is 0 Å². The molecule has 3 heterocycles. The number of benzene rings is 2. The molecule has 0 radical (unpaired) electrons. The van der Waals surface area contributed by atoms with Gasteiger partial charge in [0.05, 0.1) is 28.0 Å². The third kappa shape index (κ3) is 4.12. The van der Waals surface area contributed by atoms with Crippen LogP contribution < -0.4 is 10.2 Å². The molecule has 1 aromatic heterocycles. The molecule has 2 aromatic carbocycles. The molecule has 34 heavy (non-hydrogen) atoms. The van der Waals surface area contributed by atoms with E-state index in [2.05, 4.69) is 0 Å². The summed E-state index contributed by atoms with van der Waals surface area (Å²) in [6.07, 6.45) is 5.44. The molecule has 0 bridgehead atoms. The average Bonchev–Trinajstić information content (AvgIpc) is 2.80. The summed E-state index contributed by atoms with van der Waals surface area (Å²) >= 11 is 12.3. The minimum atomic E-state index is -0.695. The zero-order valence-corrected chi connectivity index (χ0v) is 19.9. The normalized spacial score (nSPS) is 17.3. The molecule has 0 unspecified atom stereocenters. The van der Waals surface area contributed by atoms with E-state index in [4.69, 9.17) is 32.4 Å². The van der Waals surface area contributed by atoms with E-state index in [9.17, 15) is 14.4 Å². The van der Waals surface area contributed by atoms with E-state index in [1.54, 1.807) is 29.2 Å². The molecule has 1 amide bonds. The minimum absolute atomic E-state index is 0.0661. The Morgan fingerprint density at radius 2 is 1.88 bits per heavy atom. The third-order valence-corrected chi connectivity index (χ3v) is 6.96. The number of hydrogen-bond acceptors (Lipinski definition) is 5. The van der Waals surface area contributed by atoms with Crippen molar-refractivity contribution in [2.75, 3.05) is 13.1 Å². The van der Waals surface area contributed by atoms with E-state index < -0.39 is 5.60 Å². The molecule has 5 rings (SSSR count). The van der Waals surface area contributed by atoms with E-state index in [-0.39, 0.29) is 23.5 Å². The fourth-order valence-corrected chi connectivity index (χ4v) is 5.10. The summed E-state index contributed by atoms with van der Waals surface area (Å²) in [5, 5.41) is 1.18. The number of ketones is 1. The highest BCUT2D eigenvalue weighted by Gasteiger charge is 2.44. The van der Waals surface area contributed by atoms with Crippen LogP contribution in [0.5, 0.6) is 5.75 Å². The first-order chi connectivity index (χ1) is 16.2. The second-order valence-electron chi connectivity index (χ2n) is 8.83. The fourth-order valence-electron chi connectivity index (χ4n) is 4.57. The van der Waals surface area contributed by atoms with Crippen LogP contribution >= 0.6 is 23.2 Å². The van der Waals surface area contributed by atoms with Gasteiger partial charge >= 0.3 is 0 Å². The number of piperidine rings is 1. The molecule has 2 aliphatic heterocycles. The van der Waals surface area contributed by atoms with E-state index in [0.717, 1.165) is 5.56 Å². The molecule has 1 spiro atoms. The molecule has 174 valence electrons.